The number of rotatable bonds is 2. The molecule has 1 atom stereocenters. The summed E-state index contributed by atoms with van der Waals surface area (Å²) in [4.78, 5) is 24.4. The van der Waals surface area contributed by atoms with Gasteiger partial charge in [-0.25, -0.2) is 0 Å². The minimum absolute atomic E-state index is 0.0777. The van der Waals surface area contributed by atoms with Crippen molar-refractivity contribution < 1.29 is 14.3 Å². The molecule has 1 saturated heterocycles. The van der Waals surface area contributed by atoms with E-state index in [9.17, 15) is 9.59 Å². The summed E-state index contributed by atoms with van der Waals surface area (Å²) in [5, 5.41) is 0. The number of piperidine rings is 1. The lowest BCUT2D eigenvalue weighted by Gasteiger charge is -2.30. The van der Waals surface area contributed by atoms with Gasteiger partial charge in [-0.15, -0.1) is 6.42 Å². The lowest BCUT2D eigenvalue weighted by molar-refractivity contribution is -0.148. The molecule has 1 amide bonds. The summed E-state index contributed by atoms with van der Waals surface area (Å²) in [5.74, 6) is 1.81. The maximum absolute atomic E-state index is 11.5. The summed E-state index contributed by atoms with van der Waals surface area (Å²) < 4.78 is 4.66. The maximum Gasteiger partial charge on any atom is 0.310 e. The van der Waals surface area contributed by atoms with Crippen molar-refractivity contribution in [2.45, 2.75) is 19.3 Å². The Balaban J connectivity index is 2.53. The molecule has 0 aromatic rings. The van der Waals surface area contributed by atoms with Gasteiger partial charge in [-0.2, -0.15) is 0 Å². The molecular weight excluding hydrogens is 194 g/mol. The molecule has 4 heteroatoms. The van der Waals surface area contributed by atoms with Crippen molar-refractivity contribution in [1.29, 1.82) is 0 Å². The molecule has 1 aliphatic heterocycles. The van der Waals surface area contributed by atoms with Gasteiger partial charge in [0.1, 0.15) is 0 Å². The second kappa shape index (κ2) is 5.40. The van der Waals surface area contributed by atoms with Crippen molar-refractivity contribution in [1.82, 2.24) is 4.90 Å². The summed E-state index contributed by atoms with van der Waals surface area (Å²) in [6, 6.07) is 0. The Morgan fingerprint density at radius 2 is 2.33 bits per heavy atom. The number of amides is 1. The van der Waals surface area contributed by atoms with Gasteiger partial charge in [0.2, 0.25) is 5.91 Å². The Labute approximate surface area is 89.6 Å². The highest BCUT2D eigenvalue weighted by Crippen LogP contribution is 2.18. The third-order valence-electron chi connectivity index (χ3n) is 2.56. The summed E-state index contributed by atoms with van der Waals surface area (Å²) >= 11 is 0. The van der Waals surface area contributed by atoms with Gasteiger partial charge in [0.05, 0.1) is 19.4 Å². The largest absolute Gasteiger partial charge is 0.469 e. The molecule has 1 heterocycles. The first-order chi connectivity index (χ1) is 7.19. The van der Waals surface area contributed by atoms with Crippen molar-refractivity contribution in [2.24, 2.45) is 5.92 Å². The normalized spacial score (nSPS) is 20.5. The van der Waals surface area contributed by atoms with E-state index in [2.05, 4.69) is 10.7 Å². The van der Waals surface area contributed by atoms with Gasteiger partial charge >= 0.3 is 5.97 Å². The lowest BCUT2D eigenvalue weighted by Crippen LogP contribution is -2.42. The predicted molar refractivity (Wildman–Crippen MR) is 54.8 cm³/mol. The number of hydrogen-bond acceptors (Lipinski definition) is 3. The monoisotopic (exact) mass is 209 g/mol. The topological polar surface area (TPSA) is 46.6 Å². The Morgan fingerprint density at radius 1 is 1.60 bits per heavy atom. The Morgan fingerprint density at radius 3 is 2.93 bits per heavy atom. The van der Waals surface area contributed by atoms with Gasteiger partial charge < -0.3 is 9.64 Å². The minimum Gasteiger partial charge on any atom is -0.469 e. The first kappa shape index (κ1) is 11.6. The standard InChI is InChI=1S/C11H15NO3/c1-3-5-10(13)12-7-4-6-9(8-12)11(14)15-2/h1,9H,4-8H2,2H3/t9-/m0/s1. The average Bonchev–Trinajstić information content (AvgIpc) is 2.28. The summed E-state index contributed by atoms with van der Waals surface area (Å²) in [7, 11) is 1.37. The molecule has 0 saturated carbocycles. The predicted octanol–water partition coefficient (Wildman–Crippen LogP) is 0.421. The van der Waals surface area contributed by atoms with Gasteiger partial charge in [-0.05, 0) is 12.8 Å². The van der Waals surface area contributed by atoms with Gasteiger partial charge in [-0.3, -0.25) is 9.59 Å². The highest BCUT2D eigenvalue weighted by atomic mass is 16.5. The van der Waals surface area contributed by atoms with E-state index < -0.39 is 0 Å². The molecule has 0 aromatic heterocycles. The number of esters is 1. The third kappa shape index (κ3) is 2.98. The van der Waals surface area contributed by atoms with Gasteiger partial charge in [0.25, 0.3) is 0 Å². The van der Waals surface area contributed by atoms with Gasteiger partial charge in [-0.1, -0.05) is 5.92 Å². The number of carbonyl (C=O) groups is 2. The van der Waals surface area contributed by atoms with Crippen molar-refractivity contribution in [3.05, 3.63) is 0 Å². The SMILES string of the molecule is C#CCC(=O)N1CCC[C@H](C(=O)OC)C1. The zero-order valence-electron chi connectivity index (χ0n) is 8.86. The van der Waals surface area contributed by atoms with Crippen LogP contribution in [0.25, 0.3) is 0 Å². The van der Waals surface area contributed by atoms with Crippen molar-refractivity contribution >= 4 is 11.9 Å². The Bertz CT molecular complexity index is 293. The third-order valence-corrected chi connectivity index (χ3v) is 2.56. The molecule has 1 rings (SSSR count). The molecule has 82 valence electrons. The second-order valence-electron chi connectivity index (χ2n) is 3.58. The lowest BCUT2D eigenvalue weighted by atomic mass is 9.98. The van der Waals surface area contributed by atoms with Crippen molar-refractivity contribution in [2.75, 3.05) is 20.2 Å². The molecule has 0 N–H and O–H groups in total. The van der Waals surface area contributed by atoms with E-state index >= 15 is 0 Å². The van der Waals surface area contributed by atoms with Crippen LogP contribution in [0.15, 0.2) is 0 Å². The first-order valence-electron chi connectivity index (χ1n) is 4.98. The minimum atomic E-state index is -0.242. The van der Waals surface area contributed by atoms with Crippen LogP contribution in [0.4, 0.5) is 0 Å². The molecule has 15 heavy (non-hydrogen) atoms. The van der Waals surface area contributed by atoms with E-state index in [1.165, 1.54) is 7.11 Å². The molecule has 1 fully saturated rings. The first-order valence-corrected chi connectivity index (χ1v) is 4.98. The second-order valence-corrected chi connectivity index (χ2v) is 3.58. The van der Waals surface area contributed by atoms with E-state index in [1.54, 1.807) is 4.90 Å². The number of methoxy groups -OCH3 is 1. The summed E-state index contributed by atoms with van der Waals surface area (Å²) in [5.41, 5.74) is 0. The highest BCUT2D eigenvalue weighted by molar-refractivity contribution is 5.80. The molecule has 0 bridgehead atoms. The number of nitrogens with zero attached hydrogens (tertiary/aromatic N) is 1. The summed E-state index contributed by atoms with van der Waals surface area (Å²) in [6.45, 7) is 1.13. The molecule has 0 aromatic carbocycles. The van der Waals surface area contributed by atoms with E-state index in [-0.39, 0.29) is 24.2 Å². The van der Waals surface area contributed by atoms with E-state index in [1.807, 2.05) is 0 Å². The highest BCUT2D eigenvalue weighted by Gasteiger charge is 2.28. The van der Waals surface area contributed by atoms with Crippen LogP contribution in [0, 0.1) is 18.3 Å². The van der Waals surface area contributed by atoms with E-state index in [0.717, 1.165) is 12.8 Å². The fraction of sp³-hybridized carbons (Fsp3) is 0.636. The van der Waals surface area contributed by atoms with Crippen LogP contribution in [0.2, 0.25) is 0 Å². The molecule has 0 radical (unpaired) electrons. The molecule has 0 spiro atoms. The van der Waals surface area contributed by atoms with Crippen LogP contribution in [0.3, 0.4) is 0 Å². The quantitative estimate of drug-likeness (QED) is 0.489. The zero-order valence-corrected chi connectivity index (χ0v) is 8.86. The Kier molecular flexibility index (Phi) is 4.17. The fourth-order valence-corrected chi connectivity index (χ4v) is 1.76. The smallest absolute Gasteiger partial charge is 0.310 e. The van der Waals surface area contributed by atoms with Gasteiger partial charge in [0, 0.05) is 13.1 Å². The zero-order chi connectivity index (χ0) is 11.3. The fourth-order valence-electron chi connectivity index (χ4n) is 1.76. The summed E-state index contributed by atoms with van der Waals surface area (Å²) in [6.07, 6.45) is 6.79. The van der Waals surface area contributed by atoms with Crippen molar-refractivity contribution in [3.63, 3.8) is 0 Å². The van der Waals surface area contributed by atoms with Crippen LogP contribution in [0.1, 0.15) is 19.3 Å². The molecule has 0 aliphatic carbocycles. The molecule has 1 aliphatic rings. The van der Waals surface area contributed by atoms with Crippen LogP contribution < -0.4 is 0 Å². The average molecular weight is 209 g/mol. The van der Waals surface area contributed by atoms with Crippen LogP contribution in [0.5, 0.6) is 0 Å². The number of carbonyl (C=O) groups excluding carboxylic acids is 2. The van der Waals surface area contributed by atoms with Crippen LogP contribution >= 0.6 is 0 Å². The molecular formula is C11H15NO3. The van der Waals surface area contributed by atoms with Crippen LogP contribution in [-0.2, 0) is 14.3 Å². The molecule has 4 nitrogen and oxygen atoms in total. The number of hydrogen-bond donors (Lipinski definition) is 0. The van der Waals surface area contributed by atoms with Crippen molar-refractivity contribution in [3.8, 4) is 12.3 Å². The van der Waals surface area contributed by atoms with E-state index in [4.69, 9.17) is 6.42 Å². The van der Waals surface area contributed by atoms with Gasteiger partial charge in [0.15, 0.2) is 0 Å². The molecule has 0 unspecified atom stereocenters. The van der Waals surface area contributed by atoms with Crippen LogP contribution in [-0.4, -0.2) is 37.0 Å². The number of ether oxygens (including phenoxy) is 1. The van der Waals surface area contributed by atoms with E-state index in [0.29, 0.717) is 13.1 Å². The Hall–Kier alpha value is -1.50. The maximum atomic E-state index is 11.5. The number of likely N-dealkylation sites (tertiary alicyclic amines) is 1. The number of terminal acetylenes is 1.